The maximum absolute atomic E-state index is 11.5. The number of aliphatic carboxylic acids is 1. The first-order valence-electron chi connectivity index (χ1n) is 7.08. The zero-order valence-electron chi connectivity index (χ0n) is 11.8. The summed E-state index contributed by atoms with van der Waals surface area (Å²) < 4.78 is 5.08. The molecule has 1 aromatic rings. The van der Waals surface area contributed by atoms with Gasteiger partial charge >= 0.3 is 12.1 Å². The summed E-state index contributed by atoms with van der Waals surface area (Å²) in [6.45, 7) is 1.90. The Balaban J connectivity index is 1.64. The van der Waals surface area contributed by atoms with E-state index in [1.807, 2.05) is 35.2 Å². The van der Waals surface area contributed by atoms with Crippen molar-refractivity contribution >= 4 is 12.1 Å². The van der Waals surface area contributed by atoms with E-state index in [4.69, 9.17) is 9.84 Å². The number of carboxylic acids is 1. The number of hydrogen-bond donors (Lipinski definition) is 2. The standard InChI is InChI=1S/C15H20N2O4/c18-14(19)13-7-4-9-17(13)10-8-16-15(20)21-11-12-5-2-1-3-6-12/h1-3,5-6,13H,4,7-11H2,(H,16,20)(H,18,19)/t13-/m0/s1. The van der Waals surface area contributed by atoms with Gasteiger partial charge in [-0.25, -0.2) is 4.79 Å². The topological polar surface area (TPSA) is 78.9 Å². The molecule has 0 spiro atoms. The molecule has 2 rings (SSSR count). The number of nitrogens with one attached hydrogen (secondary N) is 1. The fourth-order valence-electron chi connectivity index (χ4n) is 2.45. The van der Waals surface area contributed by atoms with Crippen LogP contribution in [0.1, 0.15) is 18.4 Å². The predicted molar refractivity (Wildman–Crippen MR) is 76.9 cm³/mol. The Hall–Kier alpha value is -2.08. The van der Waals surface area contributed by atoms with Gasteiger partial charge < -0.3 is 15.2 Å². The maximum atomic E-state index is 11.5. The molecule has 1 aliphatic heterocycles. The van der Waals surface area contributed by atoms with E-state index in [0.29, 0.717) is 19.5 Å². The molecule has 1 aliphatic rings. The smallest absolute Gasteiger partial charge is 0.407 e. The second-order valence-corrected chi connectivity index (χ2v) is 5.02. The first kappa shape index (κ1) is 15.3. The van der Waals surface area contributed by atoms with Crippen LogP contribution >= 0.6 is 0 Å². The number of amides is 1. The molecule has 0 bridgehead atoms. The van der Waals surface area contributed by atoms with Crippen LogP contribution in [-0.2, 0) is 16.1 Å². The van der Waals surface area contributed by atoms with Crippen LogP contribution in [0.3, 0.4) is 0 Å². The van der Waals surface area contributed by atoms with Gasteiger partial charge in [-0.1, -0.05) is 30.3 Å². The highest BCUT2D eigenvalue weighted by Gasteiger charge is 2.29. The van der Waals surface area contributed by atoms with Crippen LogP contribution in [0.15, 0.2) is 30.3 Å². The van der Waals surface area contributed by atoms with Crippen LogP contribution in [0, 0.1) is 0 Å². The van der Waals surface area contributed by atoms with Crippen molar-refractivity contribution in [3.8, 4) is 0 Å². The van der Waals surface area contributed by atoms with Gasteiger partial charge in [0.1, 0.15) is 12.6 Å². The van der Waals surface area contributed by atoms with Crippen LogP contribution in [0.4, 0.5) is 4.79 Å². The number of carbonyl (C=O) groups is 2. The van der Waals surface area contributed by atoms with E-state index < -0.39 is 18.1 Å². The van der Waals surface area contributed by atoms with Gasteiger partial charge in [0.2, 0.25) is 0 Å². The molecule has 2 N–H and O–H groups in total. The van der Waals surface area contributed by atoms with Gasteiger partial charge in [0.25, 0.3) is 0 Å². The third-order valence-electron chi connectivity index (χ3n) is 3.53. The number of hydrogen-bond acceptors (Lipinski definition) is 4. The van der Waals surface area contributed by atoms with E-state index in [-0.39, 0.29) is 6.61 Å². The third kappa shape index (κ3) is 4.75. The molecule has 0 saturated carbocycles. The summed E-state index contributed by atoms with van der Waals surface area (Å²) in [6.07, 6.45) is 1.08. The van der Waals surface area contributed by atoms with Crippen molar-refractivity contribution in [2.45, 2.75) is 25.5 Å². The minimum atomic E-state index is -0.792. The number of alkyl carbamates (subject to hydrolysis) is 1. The lowest BCUT2D eigenvalue weighted by Gasteiger charge is -2.20. The van der Waals surface area contributed by atoms with Crippen molar-refractivity contribution in [1.29, 1.82) is 0 Å². The molecule has 1 saturated heterocycles. The number of rotatable bonds is 6. The van der Waals surface area contributed by atoms with E-state index in [2.05, 4.69) is 5.32 Å². The number of likely N-dealkylation sites (tertiary alicyclic amines) is 1. The Labute approximate surface area is 123 Å². The Morgan fingerprint density at radius 3 is 2.81 bits per heavy atom. The van der Waals surface area contributed by atoms with Gasteiger partial charge in [-0.2, -0.15) is 0 Å². The summed E-state index contributed by atoms with van der Waals surface area (Å²) in [5.74, 6) is -0.792. The lowest BCUT2D eigenvalue weighted by molar-refractivity contribution is -0.142. The van der Waals surface area contributed by atoms with Crippen molar-refractivity contribution in [2.24, 2.45) is 0 Å². The predicted octanol–water partition coefficient (Wildman–Crippen LogP) is 1.46. The number of ether oxygens (including phenoxy) is 1. The largest absolute Gasteiger partial charge is 0.480 e. The van der Waals surface area contributed by atoms with Gasteiger partial charge in [-0.3, -0.25) is 9.69 Å². The number of benzene rings is 1. The average molecular weight is 292 g/mol. The highest BCUT2D eigenvalue weighted by Crippen LogP contribution is 2.16. The van der Waals surface area contributed by atoms with Crippen molar-refractivity contribution in [3.63, 3.8) is 0 Å². The van der Waals surface area contributed by atoms with E-state index in [1.165, 1.54) is 0 Å². The highest BCUT2D eigenvalue weighted by atomic mass is 16.5. The first-order chi connectivity index (χ1) is 10.2. The Kier molecular flexibility index (Phi) is 5.57. The first-order valence-corrected chi connectivity index (χ1v) is 7.08. The van der Waals surface area contributed by atoms with Crippen LogP contribution in [-0.4, -0.2) is 47.7 Å². The van der Waals surface area contributed by atoms with Crippen molar-refractivity contribution in [1.82, 2.24) is 10.2 Å². The van der Waals surface area contributed by atoms with Crippen molar-refractivity contribution in [2.75, 3.05) is 19.6 Å². The number of carboxylic acid groups (broad SMARTS) is 1. The minimum Gasteiger partial charge on any atom is -0.480 e. The molecule has 1 fully saturated rings. The molecule has 0 aromatic heterocycles. The Morgan fingerprint density at radius 1 is 1.33 bits per heavy atom. The molecule has 6 nitrogen and oxygen atoms in total. The molecule has 1 amide bonds. The van der Waals surface area contributed by atoms with Crippen LogP contribution in [0.2, 0.25) is 0 Å². The molecule has 0 radical (unpaired) electrons. The van der Waals surface area contributed by atoms with E-state index in [9.17, 15) is 9.59 Å². The van der Waals surface area contributed by atoms with Gasteiger partial charge in [0.15, 0.2) is 0 Å². The third-order valence-corrected chi connectivity index (χ3v) is 3.53. The molecule has 0 unspecified atom stereocenters. The van der Waals surface area contributed by atoms with E-state index >= 15 is 0 Å². The van der Waals surface area contributed by atoms with Crippen LogP contribution in [0.25, 0.3) is 0 Å². The zero-order chi connectivity index (χ0) is 15.1. The monoisotopic (exact) mass is 292 g/mol. The lowest BCUT2D eigenvalue weighted by atomic mass is 10.2. The summed E-state index contributed by atoms with van der Waals surface area (Å²) in [4.78, 5) is 24.4. The quantitative estimate of drug-likeness (QED) is 0.830. The summed E-state index contributed by atoms with van der Waals surface area (Å²) >= 11 is 0. The molecule has 114 valence electrons. The SMILES string of the molecule is O=C(NCCN1CCC[C@H]1C(=O)O)OCc1ccccc1. The summed E-state index contributed by atoms with van der Waals surface area (Å²) in [5, 5.41) is 11.7. The Bertz CT molecular complexity index is 478. The molecule has 1 heterocycles. The van der Waals surface area contributed by atoms with Gasteiger partial charge in [0.05, 0.1) is 0 Å². The van der Waals surface area contributed by atoms with Crippen LogP contribution in [0.5, 0.6) is 0 Å². The molecule has 21 heavy (non-hydrogen) atoms. The zero-order valence-corrected chi connectivity index (χ0v) is 11.8. The molecule has 0 aliphatic carbocycles. The minimum absolute atomic E-state index is 0.230. The molecular formula is C15H20N2O4. The van der Waals surface area contributed by atoms with Crippen molar-refractivity contribution in [3.05, 3.63) is 35.9 Å². The van der Waals surface area contributed by atoms with Gasteiger partial charge in [-0.15, -0.1) is 0 Å². The van der Waals surface area contributed by atoms with Crippen molar-refractivity contribution < 1.29 is 19.4 Å². The van der Waals surface area contributed by atoms with Gasteiger partial charge in [0, 0.05) is 13.1 Å². The Morgan fingerprint density at radius 2 is 2.10 bits per heavy atom. The fourth-order valence-corrected chi connectivity index (χ4v) is 2.45. The normalized spacial score (nSPS) is 18.4. The molecule has 1 aromatic carbocycles. The van der Waals surface area contributed by atoms with Crippen LogP contribution < -0.4 is 5.32 Å². The second-order valence-electron chi connectivity index (χ2n) is 5.02. The molecular weight excluding hydrogens is 272 g/mol. The highest BCUT2D eigenvalue weighted by molar-refractivity contribution is 5.73. The number of carbonyl (C=O) groups excluding carboxylic acids is 1. The summed E-state index contributed by atoms with van der Waals surface area (Å²) in [5.41, 5.74) is 0.929. The average Bonchev–Trinajstić information content (AvgIpc) is 2.95. The maximum Gasteiger partial charge on any atom is 0.407 e. The number of nitrogens with zero attached hydrogens (tertiary/aromatic N) is 1. The molecule has 1 atom stereocenters. The second kappa shape index (κ2) is 7.64. The van der Waals surface area contributed by atoms with Gasteiger partial charge in [-0.05, 0) is 24.9 Å². The summed E-state index contributed by atoms with van der Waals surface area (Å²) in [6, 6.07) is 9.01. The van der Waals surface area contributed by atoms with E-state index in [1.54, 1.807) is 0 Å². The summed E-state index contributed by atoms with van der Waals surface area (Å²) in [7, 11) is 0. The lowest BCUT2D eigenvalue weighted by Crippen LogP contribution is -2.41. The fraction of sp³-hybridized carbons (Fsp3) is 0.467. The molecule has 6 heteroatoms. The van der Waals surface area contributed by atoms with E-state index in [0.717, 1.165) is 18.5 Å².